The van der Waals surface area contributed by atoms with Crippen molar-refractivity contribution in [1.82, 2.24) is 15.2 Å². The number of hydrogen-bond donors (Lipinski definition) is 2. The minimum atomic E-state index is -0.550. The van der Waals surface area contributed by atoms with Crippen LogP contribution in [0.3, 0.4) is 0 Å². The van der Waals surface area contributed by atoms with Gasteiger partial charge in [0.05, 0.1) is 29.3 Å². The minimum Gasteiger partial charge on any atom is -0.506 e. The lowest BCUT2D eigenvalue weighted by atomic mass is 9.99. The van der Waals surface area contributed by atoms with E-state index in [1.807, 2.05) is 6.92 Å². The quantitative estimate of drug-likeness (QED) is 0.303. The Morgan fingerprint density at radius 3 is 2.38 bits per heavy atom. The highest BCUT2D eigenvalue weighted by atomic mass is 35.5. The average Bonchev–Trinajstić information content (AvgIpc) is 3.17. The molecule has 4 aromatic rings. The molecule has 0 spiro atoms. The number of phenolic OH excluding ortho intramolecular Hbond substituents is 1. The Morgan fingerprint density at radius 1 is 1.00 bits per heavy atom. The summed E-state index contributed by atoms with van der Waals surface area (Å²) in [5.74, 6) is -0.0523. The summed E-state index contributed by atoms with van der Waals surface area (Å²) < 4.78 is 37.7. The summed E-state index contributed by atoms with van der Waals surface area (Å²) in [6.07, 6.45) is 0. The van der Waals surface area contributed by atoms with E-state index >= 15 is 4.39 Å². The highest BCUT2D eigenvalue weighted by molar-refractivity contribution is 6.32. The Bertz CT molecular complexity index is 1320. The monoisotopic (exact) mass is 511 g/mol. The van der Waals surface area contributed by atoms with Gasteiger partial charge in [0.2, 0.25) is 0 Å². The third kappa shape index (κ3) is 4.83. The Morgan fingerprint density at radius 2 is 1.71 bits per heavy atom. The van der Waals surface area contributed by atoms with Crippen LogP contribution >= 0.6 is 24.0 Å². The van der Waals surface area contributed by atoms with E-state index in [9.17, 15) is 5.11 Å². The number of pyridine rings is 1. The van der Waals surface area contributed by atoms with Crippen LogP contribution in [-0.2, 0) is 9.47 Å². The topological polar surface area (TPSA) is 98.7 Å². The first-order valence-electron chi connectivity index (χ1n) is 10.2. The van der Waals surface area contributed by atoms with Crippen molar-refractivity contribution in [2.75, 3.05) is 40.6 Å². The van der Waals surface area contributed by atoms with Crippen LogP contribution in [-0.4, -0.2) is 60.9 Å². The average molecular weight is 512 g/mol. The predicted molar refractivity (Wildman–Crippen MR) is 130 cm³/mol. The van der Waals surface area contributed by atoms with E-state index in [2.05, 4.69) is 15.2 Å². The van der Waals surface area contributed by atoms with Gasteiger partial charge < -0.3 is 24.1 Å². The molecule has 0 radical (unpaired) electrons. The van der Waals surface area contributed by atoms with Gasteiger partial charge in [0.15, 0.2) is 17.1 Å². The van der Waals surface area contributed by atoms with Gasteiger partial charge in [-0.1, -0.05) is 11.6 Å². The smallest absolute Gasteiger partial charge is 0.182 e. The third-order valence-corrected chi connectivity index (χ3v) is 5.43. The molecule has 0 aliphatic heterocycles. The third-order valence-electron chi connectivity index (χ3n) is 5.13. The molecule has 4 rings (SSSR count). The van der Waals surface area contributed by atoms with Gasteiger partial charge in [-0.3, -0.25) is 5.10 Å². The van der Waals surface area contributed by atoms with Crippen LogP contribution < -0.4 is 9.47 Å². The van der Waals surface area contributed by atoms with Gasteiger partial charge in [-0.05, 0) is 25.1 Å². The lowest BCUT2D eigenvalue weighted by molar-refractivity contribution is 0.133. The molecule has 2 heterocycles. The molecule has 34 heavy (non-hydrogen) atoms. The minimum absolute atomic E-state index is 0. The van der Waals surface area contributed by atoms with E-state index in [0.29, 0.717) is 52.3 Å². The van der Waals surface area contributed by atoms with Crippen molar-refractivity contribution in [3.05, 3.63) is 40.8 Å². The molecule has 0 amide bonds. The van der Waals surface area contributed by atoms with Gasteiger partial charge in [-0.2, -0.15) is 5.10 Å². The first kappa shape index (κ1) is 25.8. The standard InChI is InChI=1S/C23H23ClFN3O5.ClH/c1-12-18-20-19(15(25)11-17(32-8-6-30-2)22(20)33-9-7-31-3)21(26-23(18)28-27-12)13-4-5-16(29)14(24)10-13;/h4-5,10-11,29H,6-9H2,1-3H3,(H,26,27,28);1H. The maximum absolute atomic E-state index is 15.7. The number of halogens is 3. The number of aromatic hydroxyl groups is 1. The number of aromatic nitrogens is 3. The lowest BCUT2D eigenvalue weighted by Crippen LogP contribution is -2.10. The predicted octanol–water partition coefficient (Wildman–Crippen LogP) is 5.06. The van der Waals surface area contributed by atoms with Crippen LogP contribution in [0.1, 0.15) is 5.69 Å². The number of methoxy groups -OCH3 is 2. The summed E-state index contributed by atoms with van der Waals surface area (Å²) >= 11 is 6.13. The zero-order valence-corrected chi connectivity index (χ0v) is 20.3. The number of H-pyrrole nitrogens is 1. The maximum Gasteiger partial charge on any atom is 0.182 e. The van der Waals surface area contributed by atoms with Crippen molar-refractivity contribution in [3.8, 4) is 28.5 Å². The number of nitrogens with one attached hydrogen (secondary N) is 1. The zero-order valence-electron chi connectivity index (χ0n) is 18.8. The van der Waals surface area contributed by atoms with E-state index in [4.69, 9.17) is 30.5 Å². The summed E-state index contributed by atoms with van der Waals surface area (Å²) in [6.45, 7) is 2.91. The van der Waals surface area contributed by atoms with Gasteiger partial charge in [-0.25, -0.2) is 9.37 Å². The molecule has 0 unspecified atom stereocenters. The zero-order chi connectivity index (χ0) is 23.5. The number of phenols is 1. The molecule has 2 aromatic carbocycles. The fraction of sp³-hybridized carbons (Fsp3) is 0.304. The molecule has 8 nitrogen and oxygen atoms in total. The Balaban J connectivity index is 0.00000324. The largest absolute Gasteiger partial charge is 0.506 e. The number of ether oxygens (including phenoxy) is 4. The van der Waals surface area contributed by atoms with Gasteiger partial charge in [0.25, 0.3) is 0 Å². The molecule has 0 bridgehead atoms. The number of hydrogen-bond acceptors (Lipinski definition) is 7. The summed E-state index contributed by atoms with van der Waals surface area (Å²) in [4.78, 5) is 4.61. The van der Waals surface area contributed by atoms with Crippen molar-refractivity contribution in [2.45, 2.75) is 6.92 Å². The SMILES string of the molecule is COCCOc1cc(F)c2c(-c3ccc(O)c(Cl)c3)nc3n[nH]c(C)c3c2c1OCCOC.Cl. The summed E-state index contributed by atoms with van der Waals surface area (Å²) in [7, 11) is 3.12. The molecule has 182 valence electrons. The van der Waals surface area contributed by atoms with Crippen molar-refractivity contribution < 1.29 is 28.4 Å². The Kier molecular flexibility index (Phi) is 8.37. The van der Waals surface area contributed by atoms with E-state index in [1.165, 1.54) is 18.2 Å². The molecule has 0 saturated heterocycles. The van der Waals surface area contributed by atoms with E-state index in [0.717, 1.165) is 0 Å². The first-order valence-corrected chi connectivity index (χ1v) is 10.6. The Labute approximate surface area is 206 Å². The van der Waals surface area contributed by atoms with Crippen LogP contribution in [0.4, 0.5) is 4.39 Å². The number of benzene rings is 2. The highest BCUT2D eigenvalue weighted by Crippen LogP contribution is 2.45. The molecule has 0 fully saturated rings. The molecule has 2 N–H and O–H groups in total. The molecule has 0 aliphatic rings. The fourth-order valence-corrected chi connectivity index (χ4v) is 3.79. The fourth-order valence-electron chi connectivity index (χ4n) is 3.61. The van der Waals surface area contributed by atoms with Crippen LogP contribution in [0.5, 0.6) is 17.2 Å². The number of nitrogens with zero attached hydrogens (tertiary/aromatic N) is 2. The van der Waals surface area contributed by atoms with Gasteiger partial charge >= 0.3 is 0 Å². The molecule has 0 aliphatic carbocycles. The van der Waals surface area contributed by atoms with Crippen molar-refractivity contribution in [3.63, 3.8) is 0 Å². The molecule has 11 heteroatoms. The van der Waals surface area contributed by atoms with Gasteiger partial charge in [0, 0.05) is 42.3 Å². The van der Waals surface area contributed by atoms with Gasteiger partial charge in [0.1, 0.15) is 24.8 Å². The van der Waals surface area contributed by atoms with E-state index in [-0.39, 0.29) is 47.5 Å². The van der Waals surface area contributed by atoms with E-state index < -0.39 is 5.82 Å². The molecule has 0 atom stereocenters. The summed E-state index contributed by atoms with van der Waals surface area (Å²) in [6, 6.07) is 5.84. The van der Waals surface area contributed by atoms with Crippen LogP contribution in [0.2, 0.25) is 5.02 Å². The second kappa shape index (κ2) is 11.1. The lowest BCUT2D eigenvalue weighted by Gasteiger charge is -2.18. The van der Waals surface area contributed by atoms with E-state index in [1.54, 1.807) is 20.3 Å². The molecule has 0 saturated carbocycles. The first-order chi connectivity index (χ1) is 16.0. The highest BCUT2D eigenvalue weighted by Gasteiger charge is 2.24. The molecule has 2 aromatic heterocycles. The van der Waals surface area contributed by atoms with Crippen molar-refractivity contribution in [1.29, 1.82) is 0 Å². The molecular formula is C23H24Cl2FN3O5. The second-order valence-corrected chi connectivity index (χ2v) is 7.70. The van der Waals surface area contributed by atoms with Crippen LogP contribution in [0.25, 0.3) is 33.1 Å². The summed E-state index contributed by atoms with van der Waals surface area (Å²) in [5.41, 5.74) is 1.90. The maximum atomic E-state index is 15.7. The number of aryl methyl sites for hydroxylation is 1. The van der Waals surface area contributed by atoms with Crippen LogP contribution in [0, 0.1) is 12.7 Å². The van der Waals surface area contributed by atoms with Gasteiger partial charge in [-0.15, -0.1) is 12.4 Å². The van der Waals surface area contributed by atoms with Crippen LogP contribution in [0.15, 0.2) is 24.3 Å². The van der Waals surface area contributed by atoms with Crippen molar-refractivity contribution >= 4 is 45.8 Å². The number of rotatable bonds is 9. The molecular weight excluding hydrogens is 488 g/mol. The normalized spacial score (nSPS) is 11.1. The number of aromatic amines is 1. The van der Waals surface area contributed by atoms with Crippen molar-refractivity contribution in [2.24, 2.45) is 0 Å². The number of fused-ring (bicyclic) bond motifs is 3. The Hall–Kier alpha value is -2.85. The summed E-state index contributed by atoms with van der Waals surface area (Å²) in [5, 5.41) is 18.5. The second-order valence-electron chi connectivity index (χ2n) is 7.29.